The summed E-state index contributed by atoms with van der Waals surface area (Å²) in [5.41, 5.74) is 8.23. The zero-order chi connectivity index (χ0) is 18.1. The molecule has 0 radical (unpaired) electrons. The lowest BCUT2D eigenvalue weighted by molar-refractivity contribution is 0.0999. The molecule has 4 rings (SSSR count). The molecule has 2 aromatic heterocycles. The number of carbonyl (C=O) groups is 1. The number of carbonyl (C=O) groups excluding carboxylic acids is 1. The van der Waals surface area contributed by atoms with Crippen molar-refractivity contribution in [2.24, 2.45) is 5.73 Å². The minimum atomic E-state index is -0.746. The van der Waals surface area contributed by atoms with Crippen LogP contribution in [0.4, 0.5) is 0 Å². The normalized spacial score (nSPS) is 10.8. The van der Waals surface area contributed by atoms with Gasteiger partial charge in [0.05, 0.1) is 16.9 Å². The molecule has 0 aliphatic rings. The van der Waals surface area contributed by atoms with Gasteiger partial charge in [-0.15, -0.1) is 0 Å². The number of primary amides is 1. The van der Waals surface area contributed by atoms with Crippen molar-refractivity contribution in [3.63, 3.8) is 0 Å². The van der Waals surface area contributed by atoms with Crippen molar-refractivity contribution >= 4 is 16.8 Å². The van der Waals surface area contributed by atoms with Gasteiger partial charge in [0.1, 0.15) is 5.56 Å². The molecule has 0 saturated carbocycles. The summed E-state index contributed by atoms with van der Waals surface area (Å²) in [6.07, 6.45) is 3.24. The molecule has 4 aromatic rings. The fourth-order valence-corrected chi connectivity index (χ4v) is 3.08. The van der Waals surface area contributed by atoms with E-state index in [0.717, 1.165) is 16.9 Å². The van der Waals surface area contributed by atoms with Crippen LogP contribution in [-0.2, 0) is 0 Å². The molecule has 126 valence electrons. The smallest absolute Gasteiger partial charge is 0.254 e. The molecule has 2 heterocycles. The maximum Gasteiger partial charge on any atom is 0.254 e. The van der Waals surface area contributed by atoms with Gasteiger partial charge in [0, 0.05) is 23.3 Å². The first-order valence-corrected chi connectivity index (χ1v) is 8.12. The van der Waals surface area contributed by atoms with Crippen molar-refractivity contribution < 1.29 is 4.79 Å². The third-order valence-electron chi connectivity index (χ3n) is 4.28. The second-order valence-corrected chi connectivity index (χ2v) is 5.86. The predicted octanol–water partition coefficient (Wildman–Crippen LogP) is 3.15. The van der Waals surface area contributed by atoms with Crippen LogP contribution in [0.3, 0.4) is 0 Å². The van der Waals surface area contributed by atoms with Crippen LogP contribution in [0.5, 0.6) is 0 Å². The van der Waals surface area contributed by atoms with Crippen LogP contribution < -0.4 is 11.2 Å². The van der Waals surface area contributed by atoms with Crippen LogP contribution >= 0.6 is 0 Å². The summed E-state index contributed by atoms with van der Waals surface area (Å²) in [6.45, 7) is 0. The summed E-state index contributed by atoms with van der Waals surface area (Å²) in [5.74, 6) is -0.746. The number of para-hydroxylation sites is 2. The van der Waals surface area contributed by atoms with E-state index in [2.05, 4.69) is 4.98 Å². The molecule has 1 amide bonds. The highest BCUT2D eigenvalue weighted by Gasteiger charge is 2.15. The molecule has 5 nitrogen and oxygen atoms in total. The van der Waals surface area contributed by atoms with Crippen molar-refractivity contribution in [3.8, 4) is 16.9 Å². The minimum Gasteiger partial charge on any atom is -0.365 e. The number of nitrogens with two attached hydrogens (primary N) is 1. The molecule has 0 atom stereocenters. The van der Waals surface area contributed by atoms with Gasteiger partial charge in [-0.3, -0.25) is 14.6 Å². The topological polar surface area (TPSA) is 78.0 Å². The molecule has 0 aliphatic heterocycles. The fraction of sp³-hybridized carbons (Fsp3) is 0. The molecule has 26 heavy (non-hydrogen) atoms. The maximum absolute atomic E-state index is 12.6. The molecule has 2 N–H and O–H groups in total. The first-order valence-electron chi connectivity index (χ1n) is 8.12. The second-order valence-electron chi connectivity index (χ2n) is 5.86. The summed E-state index contributed by atoms with van der Waals surface area (Å²) < 4.78 is 1.82. The van der Waals surface area contributed by atoms with Crippen molar-refractivity contribution in [2.75, 3.05) is 0 Å². The van der Waals surface area contributed by atoms with E-state index in [1.54, 1.807) is 18.3 Å². The molecular formula is C21H15N3O2. The first kappa shape index (κ1) is 15.8. The predicted molar refractivity (Wildman–Crippen MR) is 101 cm³/mol. The van der Waals surface area contributed by atoms with E-state index >= 15 is 0 Å². The summed E-state index contributed by atoms with van der Waals surface area (Å²) in [5, 5.41) is 0.444. The Labute approximate surface area is 149 Å². The van der Waals surface area contributed by atoms with Gasteiger partial charge in [0.25, 0.3) is 5.91 Å². The number of pyridine rings is 2. The summed E-state index contributed by atoms with van der Waals surface area (Å²) >= 11 is 0. The van der Waals surface area contributed by atoms with E-state index in [4.69, 9.17) is 5.73 Å². The Balaban J connectivity index is 2.10. The van der Waals surface area contributed by atoms with E-state index in [1.807, 2.05) is 59.2 Å². The summed E-state index contributed by atoms with van der Waals surface area (Å²) in [6, 6.07) is 20.5. The van der Waals surface area contributed by atoms with Gasteiger partial charge in [-0.1, -0.05) is 36.4 Å². The lowest BCUT2D eigenvalue weighted by Gasteiger charge is -2.16. The fourth-order valence-electron chi connectivity index (χ4n) is 3.08. The number of fused-ring (bicyclic) bond motifs is 1. The Kier molecular flexibility index (Phi) is 3.82. The molecular weight excluding hydrogens is 326 g/mol. The van der Waals surface area contributed by atoms with E-state index in [9.17, 15) is 9.59 Å². The highest BCUT2D eigenvalue weighted by atomic mass is 16.2. The van der Waals surface area contributed by atoms with E-state index in [-0.39, 0.29) is 11.0 Å². The lowest BCUT2D eigenvalue weighted by atomic mass is 10.1. The number of hydrogen-bond acceptors (Lipinski definition) is 3. The number of benzene rings is 2. The van der Waals surface area contributed by atoms with Crippen LogP contribution in [-0.4, -0.2) is 15.5 Å². The van der Waals surface area contributed by atoms with Crippen molar-refractivity contribution in [2.45, 2.75) is 0 Å². The zero-order valence-electron chi connectivity index (χ0n) is 13.8. The van der Waals surface area contributed by atoms with Gasteiger partial charge in [-0.05, 0) is 30.3 Å². The lowest BCUT2D eigenvalue weighted by Crippen LogP contribution is -2.24. The molecule has 0 fully saturated rings. The molecule has 0 aliphatic carbocycles. The molecule has 5 heteroatoms. The molecule has 0 saturated heterocycles. The van der Waals surface area contributed by atoms with Gasteiger partial charge in [-0.25, -0.2) is 0 Å². The molecule has 0 unspecified atom stereocenters. The Morgan fingerprint density at radius 1 is 0.923 bits per heavy atom. The quantitative estimate of drug-likeness (QED) is 0.622. The molecule has 0 spiro atoms. The number of hydrogen-bond donors (Lipinski definition) is 1. The minimum absolute atomic E-state index is 0.0421. The van der Waals surface area contributed by atoms with Crippen LogP contribution in [0.2, 0.25) is 0 Å². The number of aromatic nitrogens is 2. The zero-order valence-corrected chi connectivity index (χ0v) is 13.8. The van der Waals surface area contributed by atoms with Gasteiger partial charge in [0.15, 0.2) is 0 Å². The van der Waals surface area contributed by atoms with Crippen LogP contribution in [0.1, 0.15) is 10.4 Å². The Hall–Kier alpha value is -3.73. The highest BCUT2D eigenvalue weighted by molar-refractivity contribution is 5.97. The van der Waals surface area contributed by atoms with Crippen molar-refractivity contribution in [3.05, 3.63) is 94.9 Å². The Morgan fingerprint density at radius 2 is 1.65 bits per heavy atom. The number of amides is 1. The van der Waals surface area contributed by atoms with Crippen LogP contribution in [0, 0.1) is 0 Å². The Bertz CT molecular complexity index is 1180. The van der Waals surface area contributed by atoms with E-state index in [0.29, 0.717) is 10.9 Å². The van der Waals surface area contributed by atoms with Crippen LogP contribution in [0.25, 0.3) is 27.8 Å². The van der Waals surface area contributed by atoms with Gasteiger partial charge in [-0.2, -0.15) is 0 Å². The largest absolute Gasteiger partial charge is 0.365 e. The second kappa shape index (κ2) is 6.29. The summed E-state index contributed by atoms with van der Waals surface area (Å²) in [7, 11) is 0. The third-order valence-corrected chi connectivity index (χ3v) is 4.28. The average Bonchev–Trinajstić information content (AvgIpc) is 2.69. The average molecular weight is 341 g/mol. The van der Waals surface area contributed by atoms with Gasteiger partial charge >= 0.3 is 0 Å². The SMILES string of the molecule is NC(=O)c1cn(-c2ccccc2-c2ccccn2)c2ccccc2c1=O. The van der Waals surface area contributed by atoms with Gasteiger partial charge in [0.2, 0.25) is 5.43 Å². The van der Waals surface area contributed by atoms with E-state index in [1.165, 1.54) is 6.20 Å². The third kappa shape index (κ3) is 2.56. The Morgan fingerprint density at radius 3 is 2.42 bits per heavy atom. The standard InChI is InChI=1S/C21H15N3O2/c22-21(26)16-13-24(19-11-4-2-8-15(19)20(16)25)18-10-3-1-7-14(18)17-9-5-6-12-23-17/h1-13H,(H2,22,26). The maximum atomic E-state index is 12.6. The molecule has 2 aromatic carbocycles. The number of rotatable bonds is 3. The van der Waals surface area contributed by atoms with E-state index < -0.39 is 5.91 Å². The highest BCUT2D eigenvalue weighted by Crippen LogP contribution is 2.27. The van der Waals surface area contributed by atoms with Crippen molar-refractivity contribution in [1.82, 2.24) is 9.55 Å². The van der Waals surface area contributed by atoms with Gasteiger partial charge < -0.3 is 10.3 Å². The summed E-state index contributed by atoms with van der Waals surface area (Å²) in [4.78, 5) is 28.8. The molecule has 0 bridgehead atoms. The van der Waals surface area contributed by atoms with Crippen molar-refractivity contribution in [1.29, 1.82) is 0 Å². The monoisotopic (exact) mass is 341 g/mol. The first-order chi connectivity index (χ1) is 12.7. The number of nitrogens with zero attached hydrogens (tertiary/aromatic N) is 2. The van der Waals surface area contributed by atoms with Crippen LogP contribution in [0.15, 0.2) is 83.9 Å².